The van der Waals surface area contributed by atoms with Gasteiger partial charge in [-0.15, -0.1) is 0 Å². The minimum Gasteiger partial charge on any atom is -0.382 e. The molecule has 0 radical (unpaired) electrons. The van der Waals surface area contributed by atoms with Crippen molar-refractivity contribution in [2.24, 2.45) is 0 Å². The van der Waals surface area contributed by atoms with E-state index in [9.17, 15) is 0 Å². The molecule has 0 heterocycles. The fourth-order valence-corrected chi connectivity index (χ4v) is 1.93. The molecule has 96 valence electrons. The van der Waals surface area contributed by atoms with E-state index in [0.717, 1.165) is 32.7 Å². The molecule has 1 aromatic rings. The Labute approximate surface area is 105 Å². The van der Waals surface area contributed by atoms with Gasteiger partial charge in [0.2, 0.25) is 0 Å². The summed E-state index contributed by atoms with van der Waals surface area (Å²) in [7, 11) is 0. The quantitative estimate of drug-likeness (QED) is 0.664. The van der Waals surface area contributed by atoms with Crippen LogP contribution in [0.1, 0.15) is 38.2 Å². The molecule has 1 aromatic carbocycles. The van der Waals surface area contributed by atoms with Gasteiger partial charge in [0.15, 0.2) is 0 Å². The fraction of sp³-hybridized carbons (Fsp3) is 0.600. The van der Waals surface area contributed by atoms with E-state index in [1.807, 2.05) is 6.92 Å². The molecule has 0 bridgehead atoms. The molecule has 1 N–H and O–H groups in total. The molecule has 1 atom stereocenters. The van der Waals surface area contributed by atoms with Crippen LogP contribution in [0.5, 0.6) is 0 Å². The van der Waals surface area contributed by atoms with Crippen LogP contribution in [-0.4, -0.2) is 26.3 Å². The van der Waals surface area contributed by atoms with Crippen LogP contribution in [0.15, 0.2) is 30.3 Å². The minimum absolute atomic E-state index is 0.564. The summed E-state index contributed by atoms with van der Waals surface area (Å²) in [4.78, 5) is 0. The Kier molecular flexibility index (Phi) is 7.69. The zero-order chi connectivity index (χ0) is 12.3. The van der Waals surface area contributed by atoms with Gasteiger partial charge in [-0.3, -0.25) is 0 Å². The smallest absolute Gasteiger partial charge is 0.0472 e. The third kappa shape index (κ3) is 5.85. The van der Waals surface area contributed by atoms with E-state index in [-0.39, 0.29) is 0 Å². The number of nitrogens with one attached hydrogen (secondary N) is 1. The standard InChI is InChI=1S/C15H25NO/c1-3-11-16-13-15(10-12-17-4-2)14-8-6-5-7-9-14/h5-9,15-16H,3-4,10-13H2,1-2H3. The zero-order valence-corrected chi connectivity index (χ0v) is 11.1. The van der Waals surface area contributed by atoms with Crippen LogP contribution in [0.4, 0.5) is 0 Å². The number of rotatable bonds is 9. The largest absolute Gasteiger partial charge is 0.382 e. The molecule has 0 amide bonds. The van der Waals surface area contributed by atoms with Crippen molar-refractivity contribution in [2.45, 2.75) is 32.6 Å². The van der Waals surface area contributed by atoms with Crippen molar-refractivity contribution in [2.75, 3.05) is 26.3 Å². The van der Waals surface area contributed by atoms with Gasteiger partial charge in [-0.2, -0.15) is 0 Å². The molecule has 17 heavy (non-hydrogen) atoms. The van der Waals surface area contributed by atoms with Crippen LogP contribution in [-0.2, 0) is 4.74 Å². The van der Waals surface area contributed by atoms with Crippen LogP contribution in [0, 0.1) is 0 Å². The summed E-state index contributed by atoms with van der Waals surface area (Å²) in [5.41, 5.74) is 1.41. The van der Waals surface area contributed by atoms with Crippen molar-refractivity contribution in [1.29, 1.82) is 0 Å². The first kappa shape index (κ1) is 14.2. The van der Waals surface area contributed by atoms with E-state index >= 15 is 0 Å². The average molecular weight is 235 g/mol. The Bertz CT molecular complexity index is 264. The third-order valence-corrected chi connectivity index (χ3v) is 2.90. The van der Waals surface area contributed by atoms with Gasteiger partial charge in [0.25, 0.3) is 0 Å². The summed E-state index contributed by atoms with van der Waals surface area (Å²) in [5.74, 6) is 0.564. The molecule has 0 aliphatic heterocycles. The molecular weight excluding hydrogens is 210 g/mol. The van der Waals surface area contributed by atoms with Gasteiger partial charge in [0.1, 0.15) is 0 Å². The third-order valence-electron chi connectivity index (χ3n) is 2.90. The number of benzene rings is 1. The van der Waals surface area contributed by atoms with Gasteiger partial charge in [0.05, 0.1) is 0 Å². The van der Waals surface area contributed by atoms with Crippen molar-refractivity contribution < 1.29 is 4.74 Å². The van der Waals surface area contributed by atoms with Gasteiger partial charge in [-0.05, 0) is 37.8 Å². The van der Waals surface area contributed by atoms with Gasteiger partial charge < -0.3 is 10.1 Å². The lowest BCUT2D eigenvalue weighted by Gasteiger charge is -2.18. The normalized spacial score (nSPS) is 12.6. The van der Waals surface area contributed by atoms with Crippen molar-refractivity contribution in [3.05, 3.63) is 35.9 Å². The molecule has 0 saturated heterocycles. The first-order chi connectivity index (χ1) is 8.38. The second-order valence-corrected chi connectivity index (χ2v) is 4.30. The van der Waals surface area contributed by atoms with Gasteiger partial charge in [-0.25, -0.2) is 0 Å². The summed E-state index contributed by atoms with van der Waals surface area (Å²) in [6.07, 6.45) is 2.28. The highest BCUT2D eigenvalue weighted by Gasteiger charge is 2.10. The van der Waals surface area contributed by atoms with Gasteiger partial charge in [-0.1, -0.05) is 37.3 Å². The maximum absolute atomic E-state index is 5.46. The highest BCUT2D eigenvalue weighted by atomic mass is 16.5. The number of hydrogen-bond donors (Lipinski definition) is 1. The van der Waals surface area contributed by atoms with E-state index in [1.54, 1.807) is 0 Å². The molecular formula is C15H25NO. The lowest BCUT2D eigenvalue weighted by Crippen LogP contribution is -2.23. The molecule has 2 heteroatoms. The van der Waals surface area contributed by atoms with Crippen LogP contribution >= 0.6 is 0 Å². The second-order valence-electron chi connectivity index (χ2n) is 4.30. The Morgan fingerprint density at radius 1 is 1.18 bits per heavy atom. The maximum atomic E-state index is 5.46. The molecule has 1 rings (SSSR count). The molecule has 1 unspecified atom stereocenters. The minimum atomic E-state index is 0.564. The van der Waals surface area contributed by atoms with Crippen molar-refractivity contribution >= 4 is 0 Å². The summed E-state index contributed by atoms with van der Waals surface area (Å²) in [6, 6.07) is 10.7. The maximum Gasteiger partial charge on any atom is 0.0472 e. The summed E-state index contributed by atoms with van der Waals surface area (Å²) >= 11 is 0. The van der Waals surface area contributed by atoms with Crippen molar-refractivity contribution in [1.82, 2.24) is 5.32 Å². The summed E-state index contributed by atoms with van der Waals surface area (Å²) < 4.78 is 5.46. The van der Waals surface area contributed by atoms with Crippen molar-refractivity contribution in [3.63, 3.8) is 0 Å². The van der Waals surface area contributed by atoms with E-state index in [0.29, 0.717) is 5.92 Å². The van der Waals surface area contributed by atoms with Crippen LogP contribution in [0.3, 0.4) is 0 Å². The Hall–Kier alpha value is -0.860. The molecule has 0 aromatic heterocycles. The topological polar surface area (TPSA) is 21.3 Å². The van der Waals surface area contributed by atoms with Crippen LogP contribution in [0.25, 0.3) is 0 Å². The van der Waals surface area contributed by atoms with Crippen molar-refractivity contribution in [3.8, 4) is 0 Å². The molecule has 0 saturated carbocycles. The molecule has 0 fully saturated rings. The SMILES string of the molecule is CCCNCC(CCOCC)c1ccccc1. The van der Waals surface area contributed by atoms with Crippen LogP contribution in [0.2, 0.25) is 0 Å². The van der Waals surface area contributed by atoms with Crippen LogP contribution < -0.4 is 5.32 Å². The second kappa shape index (κ2) is 9.20. The zero-order valence-electron chi connectivity index (χ0n) is 11.1. The summed E-state index contributed by atoms with van der Waals surface area (Å²) in [5, 5.41) is 3.50. The fourth-order valence-electron chi connectivity index (χ4n) is 1.93. The number of hydrogen-bond acceptors (Lipinski definition) is 2. The monoisotopic (exact) mass is 235 g/mol. The van der Waals surface area contributed by atoms with E-state index in [2.05, 4.69) is 42.6 Å². The number of ether oxygens (including phenoxy) is 1. The Morgan fingerprint density at radius 2 is 1.94 bits per heavy atom. The Morgan fingerprint density at radius 3 is 2.59 bits per heavy atom. The molecule has 0 spiro atoms. The lowest BCUT2D eigenvalue weighted by molar-refractivity contribution is 0.139. The van der Waals surface area contributed by atoms with E-state index in [1.165, 1.54) is 12.0 Å². The Balaban J connectivity index is 2.46. The first-order valence-electron chi connectivity index (χ1n) is 6.71. The highest BCUT2D eigenvalue weighted by Crippen LogP contribution is 2.18. The highest BCUT2D eigenvalue weighted by molar-refractivity contribution is 5.19. The predicted molar refractivity (Wildman–Crippen MR) is 73.5 cm³/mol. The van der Waals surface area contributed by atoms with E-state index < -0.39 is 0 Å². The average Bonchev–Trinajstić information content (AvgIpc) is 2.38. The molecule has 2 nitrogen and oxygen atoms in total. The van der Waals surface area contributed by atoms with E-state index in [4.69, 9.17) is 4.74 Å². The molecule has 0 aliphatic carbocycles. The lowest BCUT2D eigenvalue weighted by atomic mass is 9.96. The predicted octanol–water partition coefficient (Wildman–Crippen LogP) is 3.20. The first-order valence-corrected chi connectivity index (χ1v) is 6.71. The van der Waals surface area contributed by atoms with Gasteiger partial charge in [0, 0.05) is 19.8 Å². The van der Waals surface area contributed by atoms with Gasteiger partial charge >= 0.3 is 0 Å². The molecule has 0 aliphatic rings. The summed E-state index contributed by atoms with van der Waals surface area (Å²) in [6.45, 7) is 8.05.